The van der Waals surface area contributed by atoms with Gasteiger partial charge in [-0.25, -0.2) is 13.4 Å². The zero-order valence-electron chi connectivity index (χ0n) is 8.17. The van der Waals surface area contributed by atoms with Gasteiger partial charge in [-0.05, 0) is 0 Å². The number of aromatic nitrogens is 2. The fourth-order valence-electron chi connectivity index (χ4n) is 1.22. The molecule has 7 nitrogen and oxygen atoms in total. The Morgan fingerprint density at radius 3 is 2.69 bits per heavy atom. The van der Waals surface area contributed by atoms with Gasteiger partial charge in [-0.2, -0.15) is 4.98 Å². The standard InChI is InChI=1S/C8H7N3O4S/c1-16(13,14)8-10-6(9)5-4(2-12)3-15-7(5)11-8/h2-3H,1H3,(H2,9,10,11). The van der Waals surface area contributed by atoms with Gasteiger partial charge >= 0.3 is 0 Å². The van der Waals surface area contributed by atoms with Crippen molar-refractivity contribution in [3.05, 3.63) is 11.8 Å². The molecule has 2 N–H and O–H groups in total. The van der Waals surface area contributed by atoms with Gasteiger partial charge in [0.2, 0.25) is 15.6 Å². The first kappa shape index (κ1) is 10.6. The summed E-state index contributed by atoms with van der Waals surface area (Å²) in [6.45, 7) is 0. The first-order valence-electron chi connectivity index (χ1n) is 4.13. The topological polar surface area (TPSA) is 116 Å². The molecule has 0 atom stereocenters. The van der Waals surface area contributed by atoms with Crippen molar-refractivity contribution in [2.24, 2.45) is 0 Å². The van der Waals surface area contributed by atoms with E-state index in [0.717, 1.165) is 12.5 Å². The Morgan fingerprint density at radius 2 is 2.12 bits per heavy atom. The van der Waals surface area contributed by atoms with Crippen LogP contribution in [-0.4, -0.2) is 30.9 Å². The van der Waals surface area contributed by atoms with Crippen LogP contribution in [0.1, 0.15) is 10.4 Å². The molecule has 0 aromatic carbocycles. The van der Waals surface area contributed by atoms with Crippen LogP contribution >= 0.6 is 0 Å². The third-order valence-electron chi connectivity index (χ3n) is 1.93. The number of hydrogen-bond acceptors (Lipinski definition) is 7. The van der Waals surface area contributed by atoms with E-state index in [2.05, 4.69) is 9.97 Å². The van der Waals surface area contributed by atoms with Crippen LogP contribution in [0.25, 0.3) is 11.1 Å². The Labute approximate surface area is 90.2 Å². The minimum absolute atomic E-state index is 0.0185. The maximum Gasteiger partial charge on any atom is 0.252 e. The summed E-state index contributed by atoms with van der Waals surface area (Å²) >= 11 is 0. The number of nitrogens with zero attached hydrogens (tertiary/aromatic N) is 2. The zero-order chi connectivity index (χ0) is 11.9. The maximum atomic E-state index is 11.2. The average molecular weight is 241 g/mol. The summed E-state index contributed by atoms with van der Waals surface area (Å²) in [6, 6.07) is 0. The molecule has 8 heteroatoms. The van der Waals surface area contributed by atoms with E-state index in [1.165, 1.54) is 0 Å². The van der Waals surface area contributed by atoms with E-state index >= 15 is 0 Å². The summed E-state index contributed by atoms with van der Waals surface area (Å²) in [6.07, 6.45) is 2.64. The Morgan fingerprint density at radius 1 is 1.44 bits per heavy atom. The summed E-state index contributed by atoms with van der Waals surface area (Å²) in [4.78, 5) is 17.9. The highest BCUT2D eigenvalue weighted by Gasteiger charge is 2.18. The largest absolute Gasteiger partial charge is 0.445 e. The number of sulfone groups is 1. The molecule has 0 bridgehead atoms. The molecule has 0 amide bonds. The maximum absolute atomic E-state index is 11.2. The second kappa shape index (κ2) is 3.27. The van der Waals surface area contributed by atoms with Gasteiger partial charge in [0.05, 0.1) is 10.9 Å². The highest BCUT2D eigenvalue weighted by Crippen LogP contribution is 2.23. The molecule has 0 unspecified atom stereocenters. The molecular formula is C8H7N3O4S. The normalized spacial score (nSPS) is 11.8. The van der Waals surface area contributed by atoms with Crippen LogP contribution in [0.3, 0.4) is 0 Å². The van der Waals surface area contributed by atoms with Crippen molar-refractivity contribution >= 4 is 33.0 Å². The predicted octanol–water partition coefficient (Wildman–Crippen LogP) is 0.0210. The van der Waals surface area contributed by atoms with Gasteiger partial charge in [0.1, 0.15) is 12.1 Å². The number of furan rings is 1. The summed E-state index contributed by atoms with van der Waals surface area (Å²) in [5.74, 6) is -0.0960. The van der Waals surface area contributed by atoms with E-state index < -0.39 is 15.0 Å². The minimum Gasteiger partial charge on any atom is -0.445 e. The van der Waals surface area contributed by atoms with Gasteiger partial charge in [0.15, 0.2) is 6.29 Å². The highest BCUT2D eigenvalue weighted by atomic mass is 32.2. The number of aldehydes is 1. The monoisotopic (exact) mass is 241 g/mol. The van der Waals surface area contributed by atoms with E-state index in [-0.39, 0.29) is 22.5 Å². The smallest absolute Gasteiger partial charge is 0.252 e. The van der Waals surface area contributed by atoms with Crippen LogP contribution in [0.15, 0.2) is 15.8 Å². The summed E-state index contributed by atoms with van der Waals surface area (Å²) < 4.78 is 27.4. The highest BCUT2D eigenvalue weighted by molar-refractivity contribution is 7.90. The fourth-order valence-corrected chi connectivity index (χ4v) is 1.74. The molecule has 2 rings (SSSR count). The second-order valence-electron chi connectivity index (χ2n) is 3.15. The number of fused-ring (bicyclic) bond motifs is 1. The average Bonchev–Trinajstić information content (AvgIpc) is 2.59. The van der Waals surface area contributed by atoms with E-state index in [1.807, 2.05) is 0 Å². The van der Waals surface area contributed by atoms with Crippen molar-refractivity contribution in [1.29, 1.82) is 0 Å². The fraction of sp³-hybridized carbons (Fsp3) is 0.125. The lowest BCUT2D eigenvalue weighted by molar-refractivity contribution is 0.112. The van der Waals surface area contributed by atoms with Crippen LogP contribution in [0.4, 0.5) is 5.82 Å². The van der Waals surface area contributed by atoms with Crippen molar-refractivity contribution in [2.45, 2.75) is 5.16 Å². The molecule has 84 valence electrons. The lowest BCUT2D eigenvalue weighted by Gasteiger charge is -1.99. The van der Waals surface area contributed by atoms with E-state index in [0.29, 0.717) is 6.29 Å². The summed E-state index contributed by atoms with van der Waals surface area (Å²) in [5, 5.41) is -0.202. The number of hydrogen-bond donors (Lipinski definition) is 1. The van der Waals surface area contributed by atoms with Crippen LogP contribution in [0, 0.1) is 0 Å². The van der Waals surface area contributed by atoms with Gasteiger partial charge in [-0.1, -0.05) is 0 Å². The van der Waals surface area contributed by atoms with Crippen molar-refractivity contribution in [1.82, 2.24) is 9.97 Å². The molecule has 0 spiro atoms. The molecule has 0 saturated carbocycles. The molecule has 2 aromatic rings. The second-order valence-corrected chi connectivity index (χ2v) is 5.06. The lowest BCUT2D eigenvalue weighted by Crippen LogP contribution is -2.06. The Balaban J connectivity index is 2.85. The molecule has 2 heterocycles. The van der Waals surface area contributed by atoms with Gasteiger partial charge in [-0.15, -0.1) is 0 Å². The third-order valence-corrected chi connectivity index (χ3v) is 2.77. The van der Waals surface area contributed by atoms with Crippen molar-refractivity contribution in [3.8, 4) is 0 Å². The van der Waals surface area contributed by atoms with Crippen LogP contribution in [0.5, 0.6) is 0 Å². The molecule has 0 fully saturated rings. The Kier molecular flexibility index (Phi) is 2.16. The van der Waals surface area contributed by atoms with Gasteiger partial charge < -0.3 is 10.2 Å². The van der Waals surface area contributed by atoms with Gasteiger partial charge in [-0.3, -0.25) is 4.79 Å². The summed E-state index contributed by atoms with van der Waals surface area (Å²) in [5.41, 5.74) is 5.71. The Bertz CT molecular complexity index is 674. The lowest BCUT2D eigenvalue weighted by atomic mass is 10.2. The molecule has 16 heavy (non-hydrogen) atoms. The Hall–Kier alpha value is -1.96. The van der Waals surface area contributed by atoms with E-state index in [4.69, 9.17) is 10.2 Å². The van der Waals surface area contributed by atoms with Crippen molar-refractivity contribution in [3.63, 3.8) is 0 Å². The number of carbonyl (C=O) groups excluding carboxylic acids is 1. The van der Waals surface area contributed by atoms with Crippen LogP contribution in [-0.2, 0) is 9.84 Å². The van der Waals surface area contributed by atoms with Crippen molar-refractivity contribution in [2.75, 3.05) is 12.0 Å². The van der Waals surface area contributed by atoms with E-state index in [1.54, 1.807) is 0 Å². The predicted molar refractivity (Wildman–Crippen MR) is 54.7 cm³/mol. The first-order chi connectivity index (χ1) is 7.43. The summed E-state index contributed by atoms with van der Waals surface area (Å²) in [7, 11) is -3.56. The number of carbonyl (C=O) groups is 1. The minimum atomic E-state index is -3.56. The zero-order valence-corrected chi connectivity index (χ0v) is 8.98. The third kappa shape index (κ3) is 1.52. The van der Waals surface area contributed by atoms with Crippen LogP contribution < -0.4 is 5.73 Å². The van der Waals surface area contributed by atoms with Crippen molar-refractivity contribution < 1.29 is 17.6 Å². The molecule has 0 aliphatic heterocycles. The molecule has 0 radical (unpaired) electrons. The van der Waals surface area contributed by atoms with Gasteiger partial charge in [0, 0.05) is 6.26 Å². The molecular weight excluding hydrogens is 234 g/mol. The molecule has 0 saturated heterocycles. The van der Waals surface area contributed by atoms with Crippen LogP contribution in [0.2, 0.25) is 0 Å². The van der Waals surface area contributed by atoms with E-state index in [9.17, 15) is 13.2 Å². The molecule has 2 aromatic heterocycles. The SMILES string of the molecule is CS(=O)(=O)c1nc(N)c2c(C=O)coc2n1. The molecule has 0 aliphatic carbocycles. The number of nitrogens with two attached hydrogens (primary N) is 1. The van der Waals surface area contributed by atoms with Gasteiger partial charge in [0.25, 0.3) is 5.16 Å². The first-order valence-corrected chi connectivity index (χ1v) is 6.02. The number of anilines is 1. The number of rotatable bonds is 2. The molecule has 0 aliphatic rings. The number of nitrogen functional groups attached to an aromatic ring is 1. The quantitative estimate of drug-likeness (QED) is 0.581.